The van der Waals surface area contributed by atoms with Gasteiger partial charge in [0.05, 0.1) is 12.9 Å². The Labute approximate surface area is 124 Å². The first-order valence-electron chi connectivity index (χ1n) is 6.76. The largest absolute Gasteiger partial charge is 0.493 e. The van der Waals surface area contributed by atoms with Crippen molar-refractivity contribution in [3.8, 4) is 5.75 Å². The second kappa shape index (κ2) is 7.31. The van der Waals surface area contributed by atoms with Crippen LogP contribution in [-0.4, -0.2) is 23.2 Å². The van der Waals surface area contributed by atoms with Crippen LogP contribution >= 0.6 is 11.6 Å². The van der Waals surface area contributed by atoms with E-state index in [1.807, 2.05) is 42.3 Å². The molecule has 1 aromatic carbocycles. The van der Waals surface area contributed by atoms with Crippen molar-refractivity contribution >= 4 is 11.6 Å². The zero-order valence-electron chi connectivity index (χ0n) is 11.8. The van der Waals surface area contributed by atoms with Gasteiger partial charge in [0, 0.05) is 35.6 Å². The van der Waals surface area contributed by atoms with Gasteiger partial charge in [-0.05, 0) is 38.6 Å². The first-order valence-corrected chi connectivity index (χ1v) is 7.13. The van der Waals surface area contributed by atoms with Gasteiger partial charge in [0.1, 0.15) is 5.75 Å². The minimum atomic E-state index is 0.206. The number of rotatable bonds is 7. The lowest BCUT2D eigenvalue weighted by atomic mass is 10.1. The smallest absolute Gasteiger partial charge is 0.124 e. The van der Waals surface area contributed by atoms with Gasteiger partial charge >= 0.3 is 0 Å². The first kappa shape index (κ1) is 14.9. The highest BCUT2D eigenvalue weighted by molar-refractivity contribution is 6.30. The molecule has 0 aliphatic rings. The number of ether oxygens (including phenoxy) is 1. The summed E-state index contributed by atoms with van der Waals surface area (Å²) in [5.74, 6) is 0.891. The number of aromatic nitrogens is 2. The minimum Gasteiger partial charge on any atom is -0.493 e. The van der Waals surface area contributed by atoms with Gasteiger partial charge in [-0.2, -0.15) is 0 Å². The maximum Gasteiger partial charge on any atom is 0.124 e. The second-order valence-corrected chi connectivity index (χ2v) is 5.13. The molecule has 2 rings (SSSR count). The third kappa shape index (κ3) is 3.99. The minimum absolute atomic E-state index is 0.206. The Morgan fingerprint density at radius 3 is 3.00 bits per heavy atom. The third-order valence-corrected chi connectivity index (χ3v) is 3.48. The summed E-state index contributed by atoms with van der Waals surface area (Å²) in [5, 5.41) is 3.94. The van der Waals surface area contributed by atoms with Crippen LogP contribution in [0.5, 0.6) is 5.75 Å². The average molecular weight is 294 g/mol. The van der Waals surface area contributed by atoms with Gasteiger partial charge in [-0.25, -0.2) is 4.98 Å². The fraction of sp³-hybridized carbons (Fsp3) is 0.400. The van der Waals surface area contributed by atoms with Gasteiger partial charge in [0.2, 0.25) is 0 Å². The monoisotopic (exact) mass is 293 g/mol. The van der Waals surface area contributed by atoms with Crippen molar-refractivity contribution in [2.75, 3.05) is 13.7 Å². The van der Waals surface area contributed by atoms with E-state index in [0.717, 1.165) is 29.3 Å². The summed E-state index contributed by atoms with van der Waals surface area (Å²) >= 11 is 6.05. The number of aryl methyl sites for hydroxylation is 1. The van der Waals surface area contributed by atoms with E-state index in [1.165, 1.54) is 0 Å². The molecule has 1 unspecified atom stereocenters. The molecular formula is C15H20ClN3O. The molecular weight excluding hydrogens is 274 g/mol. The van der Waals surface area contributed by atoms with Crippen molar-refractivity contribution < 1.29 is 4.74 Å². The van der Waals surface area contributed by atoms with E-state index < -0.39 is 0 Å². The number of nitrogens with one attached hydrogen (secondary N) is 1. The summed E-state index contributed by atoms with van der Waals surface area (Å²) in [6, 6.07) is 5.95. The Morgan fingerprint density at radius 1 is 1.45 bits per heavy atom. The fourth-order valence-corrected chi connectivity index (χ4v) is 2.17. The second-order valence-electron chi connectivity index (χ2n) is 4.70. The topological polar surface area (TPSA) is 39.1 Å². The summed E-state index contributed by atoms with van der Waals surface area (Å²) in [6.45, 7) is 3.66. The SMILES string of the molecule is CNC(C)c1cc(Cl)ccc1OCCCn1ccnc1. The Bertz CT molecular complexity index is 528. The van der Waals surface area contributed by atoms with E-state index >= 15 is 0 Å². The predicted octanol–water partition coefficient (Wildman–Crippen LogP) is 3.29. The first-order chi connectivity index (χ1) is 9.70. The highest BCUT2D eigenvalue weighted by atomic mass is 35.5. The molecule has 1 heterocycles. The third-order valence-electron chi connectivity index (χ3n) is 3.25. The molecule has 5 heteroatoms. The predicted molar refractivity (Wildman–Crippen MR) is 81.3 cm³/mol. The molecule has 0 aliphatic heterocycles. The van der Waals surface area contributed by atoms with Crippen LogP contribution in [0.1, 0.15) is 24.9 Å². The molecule has 0 aliphatic carbocycles. The van der Waals surface area contributed by atoms with E-state index in [0.29, 0.717) is 6.61 Å². The van der Waals surface area contributed by atoms with Crippen LogP contribution in [0.15, 0.2) is 36.9 Å². The van der Waals surface area contributed by atoms with Gasteiger partial charge in [0.25, 0.3) is 0 Å². The van der Waals surface area contributed by atoms with E-state index in [9.17, 15) is 0 Å². The van der Waals surface area contributed by atoms with Gasteiger partial charge in [-0.1, -0.05) is 11.6 Å². The molecule has 0 spiro atoms. The van der Waals surface area contributed by atoms with Crippen LogP contribution in [-0.2, 0) is 6.54 Å². The van der Waals surface area contributed by atoms with Crippen molar-refractivity contribution in [1.82, 2.24) is 14.9 Å². The molecule has 0 saturated heterocycles. The zero-order valence-corrected chi connectivity index (χ0v) is 12.6. The Balaban J connectivity index is 1.91. The highest BCUT2D eigenvalue weighted by Crippen LogP contribution is 2.28. The average Bonchev–Trinajstić information content (AvgIpc) is 2.97. The number of imidazole rings is 1. The lowest BCUT2D eigenvalue weighted by Crippen LogP contribution is -2.14. The van der Waals surface area contributed by atoms with E-state index in [4.69, 9.17) is 16.3 Å². The van der Waals surface area contributed by atoms with Crippen LogP contribution < -0.4 is 10.1 Å². The van der Waals surface area contributed by atoms with Crippen LogP contribution in [0.2, 0.25) is 5.02 Å². The van der Waals surface area contributed by atoms with Crippen LogP contribution in [0.25, 0.3) is 0 Å². The van der Waals surface area contributed by atoms with Crippen molar-refractivity contribution in [1.29, 1.82) is 0 Å². The fourth-order valence-electron chi connectivity index (χ4n) is 1.99. The lowest BCUT2D eigenvalue weighted by molar-refractivity contribution is 0.296. The summed E-state index contributed by atoms with van der Waals surface area (Å²) in [5.41, 5.74) is 1.09. The number of benzene rings is 1. The molecule has 0 fully saturated rings. The van der Waals surface area contributed by atoms with Crippen molar-refractivity contribution in [3.05, 3.63) is 47.5 Å². The summed E-state index contributed by atoms with van der Waals surface area (Å²) in [4.78, 5) is 4.02. The van der Waals surface area contributed by atoms with Crippen molar-refractivity contribution in [3.63, 3.8) is 0 Å². The van der Waals surface area contributed by atoms with Gasteiger partial charge in [-0.3, -0.25) is 0 Å². The summed E-state index contributed by atoms with van der Waals surface area (Å²) < 4.78 is 7.93. The molecule has 0 bridgehead atoms. The normalized spacial score (nSPS) is 12.3. The number of nitrogens with zero attached hydrogens (tertiary/aromatic N) is 2. The molecule has 108 valence electrons. The summed E-state index contributed by atoms with van der Waals surface area (Å²) in [7, 11) is 1.92. The quantitative estimate of drug-likeness (QED) is 0.796. The van der Waals surface area contributed by atoms with E-state index in [1.54, 1.807) is 6.20 Å². The van der Waals surface area contributed by atoms with E-state index in [2.05, 4.69) is 17.2 Å². The van der Waals surface area contributed by atoms with E-state index in [-0.39, 0.29) is 6.04 Å². The molecule has 20 heavy (non-hydrogen) atoms. The molecule has 0 amide bonds. The number of hydrogen-bond donors (Lipinski definition) is 1. The Kier molecular flexibility index (Phi) is 5.44. The molecule has 2 aromatic rings. The van der Waals surface area contributed by atoms with Crippen molar-refractivity contribution in [2.24, 2.45) is 0 Å². The standard InChI is InChI=1S/C15H20ClN3O/c1-12(17-2)14-10-13(16)4-5-15(14)20-9-3-7-19-8-6-18-11-19/h4-6,8,10-12,17H,3,7,9H2,1-2H3. The number of halogens is 1. The molecule has 4 nitrogen and oxygen atoms in total. The maximum absolute atomic E-state index is 6.05. The van der Waals surface area contributed by atoms with Gasteiger partial charge in [-0.15, -0.1) is 0 Å². The Hall–Kier alpha value is -1.52. The molecule has 1 aromatic heterocycles. The van der Waals surface area contributed by atoms with Gasteiger partial charge in [0.15, 0.2) is 0 Å². The molecule has 0 saturated carbocycles. The highest BCUT2D eigenvalue weighted by Gasteiger charge is 2.10. The molecule has 0 radical (unpaired) electrons. The lowest BCUT2D eigenvalue weighted by Gasteiger charge is -2.17. The molecule has 1 N–H and O–H groups in total. The molecule has 1 atom stereocenters. The van der Waals surface area contributed by atoms with Crippen molar-refractivity contribution in [2.45, 2.75) is 25.9 Å². The Morgan fingerprint density at radius 2 is 2.30 bits per heavy atom. The number of hydrogen-bond acceptors (Lipinski definition) is 3. The maximum atomic E-state index is 6.05. The van der Waals surface area contributed by atoms with Crippen LogP contribution in [0.3, 0.4) is 0 Å². The van der Waals surface area contributed by atoms with Gasteiger partial charge < -0.3 is 14.6 Å². The van der Waals surface area contributed by atoms with Crippen LogP contribution in [0, 0.1) is 0 Å². The van der Waals surface area contributed by atoms with Crippen LogP contribution in [0.4, 0.5) is 0 Å². The zero-order chi connectivity index (χ0) is 14.4. The summed E-state index contributed by atoms with van der Waals surface area (Å²) in [6.07, 6.45) is 6.49.